The van der Waals surface area contributed by atoms with Crippen LogP contribution in [-0.2, 0) is 19.9 Å². The minimum atomic E-state index is 0.326. The molecule has 1 aromatic heterocycles. The van der Waals surface area contributed by atoms with Gasteiger partial charge in [0.15, 0.2) is 0 Å². The first kappa shape index (κ1) is 15.3. The predicted octanol–water partition coefficient (Wildman–Crippen LogP) is 3.34. The molecule has 0 aliphatic heterocycles. The van der Waals surface area contributed by atoms with Gasteiger partial charge in [-0.3, -0.25) is 4.68 Å². The zero-order valence-corrected chi connectivity index (χ0v) is 13.9. The Morgan fingerprint density at radius 1 is 1.30 bits per heavy atom. The third-order valence-corrected chi connectivity index (χ3v) is 4.69. The molecular weight excluding hydrogens is 314 g/mol. The molecule has 1 heterocycles. The maximum atomic E-state index is 5.99. The number of hydrogen-bond donors (Lipinski definition) is 1. The molecule has 0 saturated heterocycles. The average Bonchev–Trinajstić information content (AvgIpc) is 2.72. The van der Waals surface area contributed by atoms with E-state index in [9.17, 15) is 0 Å². The summed E-state index contributed by atoms with van der Waals surface area (Å²) in [6.45, 7) is 4.87. The van der Waals surface area contributed by atoms with Crippen LogP contribution in [-0.4, -0.2) is 16.3 Å². The number of nitrogens with zero attached hydrogens (tertiary/aromatic N) is 2. The highest BCUT2D eigenvalue weighted by Crippen LogP contribution is 2.27. The number of hydrogen-bond acceptors (Lipinski definition) is 2. The number of rotatable bonds is 5. The van der Waals surface area contributed by atoms with Gasteiger partial charge < -0.3 is 5.73 Å². The molecule has 0 amide bonds. The maximum Gasteiger partial charge on any atom is 0.0766 e. The van der Waals surface area contributed by atoms with E-state index in [1.807, 2.05) is 11.7 Å². The van der Waals surface area contributed by atoms with Crippen LogP contribution in [0.25, 0.3) is 0 Å². The van der Waals surface area contributed by atoms with Gasteiger partial charge in [-0.05, 0) is 47.8 Å². The van der Waals surface area contributed by atoms with E-state index in [2.05, 4.69) is 59.1 Å². The first-order valence-electron chi connectivity index (χ1n) is 7.03. The molecule has 0 aliphatic carbocycles. The SMILES string of the molecule is CCc1nn(C)c(CC(CN)c2ccc(C)cc2)c1Br. The zero-order chi connectivity index (χ0) is 14.7. The van der Waals surface area contributed by atoms with Crippen LogP contribution < -0.4 is 5.73 Å². The summed E-state index contributed by atoms with van der Waals surface area (Å²) in [5.41, 5.74) is 10.9. The Labute approximate surface area is 129 Å². The Bertz CT molecular complexity index is 572. The van der Waals surface area contributed by atoms with Gasteiger partial charge >= 0.3 is 0 Å². The molecule has 3 nitrogen and oxygen atoms in total. The number of aromatic nitrogens is 2. The fourth-order valence-electron chi connectivity index (χ4n) is 2.45. The lowest BCUT2D eigenvalue weighted by molar-refractivity contribution is 0.626. The molecular formula is C16H22BrN3. The third kappa shape index (κ3) is 3.13. The summed E-state index contributed by atoms with van der Waals surface area (Å²) in [5.74, 6) is 0.326. The van der Waals surface area contributed by atoms with Crippen LogP contribution in [0.5, 0.6) is 0 Å². The van der Waals surface area contributed by atoms with Crippen molar-refractivity contribution >= 4 is 15.9 Å². The second-order valence-electron chi connectivity index (χ2n) is 5.23. The van der Waals surface area contributed by atoms with Crippen molar-refractivity contribution in [2.75, 3.05) is 6.54 Å². The van der Waals surface area contributed by atoms with E-state index in [1.165, 1.54) is 16.8 Å². The summed E-state index contributed by atoms with van der Waals surface area (Å²) in [6.07, 6.45) is 1.84. The molecule has 20 heavy (non-hydrogen) atoms. The summed E-state index contributed by atoms with van der Waals surface area (Å²) in [4.78, 5) is 0. The molecule has 2 aromatic rings. The molecule has 2 rings (SSSR count). The van der Waals surface area contributed by atoms with Crippen molar-refractivity contribution < 1.29 is 0 Å². The Morgan fingerprint density at radius 3 is 2.45 bits per heavy atom. The summed E-state index contributed by atoms with van der Waals surface area (Å²) in [5, 5.41) is 4.55. The number of halogens is 1. The van der Waals surface area contributed by atoms with Gasteiger partial charge in [0.05, 0.1) is 15.9 Å². The first-order valence-corrected chi connectivity index (χ1v) is 7.83. The molecule has 1 atom stereocenters. The van der Waals surface area contributed by atoms with E-state index in [-0.39, 0.29) is 0 Å². The Hall–Kier alpha value is -1.13. The lowest BCUT2D eigenvalue weighted by Crippen LogP contribution is -2.16. The minimum Gasteiger partial charge on any atom is -0.330 e. The smallest absolute Gasteiger partial charge is 0.0766 e. The van der Waals surface area contributed by atoms with Crippen molar-refractivity contribution in [3.8, 4) is 0 Å². The summed E-state index contributed by atoms with van der Waals surface area (Å²) >= 11 is 3.68. The van der Waals surface area contributed by atoms with Crippen molar-refractivity contribution in [3.63, 3.8) is 0 Å². The zero-order valence-electron chi connectivity index (χ0n) is 12.4. The fraction of sp³-hybridized carbons (Fsp3) is 0.438. The van der Waals surface area contributed by atoms with Crippen LogP contribution in [0, 0.1) is 6.92 Å². The van der Waals surface area contributed by atoms with Gasteiger partial charge in [0, 0.05) is 13.0 Å². The van der Waals surface area contributed by atoms with Crippen LogP contribution in [0.15, 0.2) is 28.7 Å². The van der Waals surface area contributed by atoms with Crippen LogP contribution in [0.1, 0.15) is 35.4 Å². The lowest BCUT2D eigenvalue weighted by atomic mass is 9.93. The Morgan fingerprint density at radius 2 is 1.95 bits per heavy atom. The Kier molecular flexibility index (Phi) is 5.00. The lowest BCUT2D eigenvalue weighted by Gasteiger charge is -2.16. The van der Waals surface area contributed by atoms with Gasteiger partial charge in [-0.15, -0.1) is 0 Å². The van der Waals surface area contributed by atoms with Crippen LogP contribution in [0.2, 0.25) is 0 Å². The van der Waals surface area contributed by atoms with Gasteiger partial charge in [0.2, 0.25) is 0 Å². The standard InChI is InChI=1S/C16H22BrN3/c1-4-14-16(17)15(20(3)19-14)9-13(10-18)12-7-5-11(2)6-8-12/h5-8,13H,4,9-10,18H2,1-3H3. The molecule has 0 saturated carbocycles. The molecule has 4 heteroatoms. The maximum absolute atomic E-state index is 5.99. The van der Waals surface area contributed by atoms with E-state index in [0.29, 0.717) is 12.5 Å². The predicted molar refractivity (Wildman–Crippen MR) is 87.0 cm³/mol. The summed E-state index contributed by atoms with van der Waals surface area (Å²) in [6, 6.07) is 8.65. The normalized spacial score (nSPS) is 12.7. The highest BCUT2D eigenvalue weighted by Gasteiger charge is 2.18. The second-order valence-corrected chi connectivity index (χ2v) is 6.02. The van der Waals surface area contributed by atoms with E-state index in [0.717, 1.165) is 23.0 Å². The molecule has 2 N–H and O–H groups in total. The van der Waals surface area contributed by atoms with E-state index < -0.39 is 0 Å². The summed E-state index contributed by atoms with van der Waals surface area (Å²) < 4.78 is 3.10. The molecule has 0 bridgehead atoms. The molecule has 0 spiro atoms. The largest absolute Gasteiger partial charge is 0.330 e. The van der Waals surface area contributed by atoms with Crippen molar-refractivity contribution in [2.24, 2.45) is 12.8 Å². The molecule has 0 fully saturated rings. The molecule has 1 aromatic carbocycles. The van der Waals surface area contributed by atoms with Crippen molar-refractivity contribution in [1.29, 1.82) is 0 Å². The van der Waals surface area contributed by atoms with Crippen LogP contribution in [0.4, 0.5) is 0 Å². The topological polar surface area (TPSA) is 43.8 Å². The van der Waals surface area contributed by atoms with E-state index in [1.54, 1.807) is 0 Å². The van der Waals surface area contributed by atoms with Gasteiger partial charge in [-0.25, -0.2) is 0 Å². The summed E-state index contributed by atoms with van der Waals surface area (Å²) in [7, 11) is 2.00. The third-order valence-electron chi connectivity index (χ3n) is 3.78. The molecule has 108 valence electrons. The van der Waals surface area contributed by atoms with E-state index in [4.69, 9.17) is 5.73 Å². The second kappa shape index (κ2) is 6.55. The van der Waals surface area contributed by atoms with Crippen molar-refractivity contribution in [2.45, 2.75) is 32.6 Å². The highest BCUT2D eigenvalue weighted by atomic mass is 79.9. The van der Waals surface area contributed by atoms with Gasteiger partial charge in [0.25, 0.3) is 0 Å². The molecule has 0 aliphatic rings. The Balaban J connectivity index is 2.26. The van der Waals surface area contributed by atoms with Crippen molar-refractivity contribution in [1.82, 2.24) is 9.78 Å². The first-order chi connectivity index (χ1) is 9.56. The minimum absolute atomic E-state index is 0.326. The number of aryl methyl sites for hydroxylation is 3. The van der Waals surface area contributed by atoms with Crippen molar-refractivity contribution in [3.05, 3.63) is 51.3 Å². The average molecular weight is 336 g/mol. The van der Waals surface area contributed by atoms with Gasteiger partial charge in [0.1, 0.15) is 0 Å². The van der Waals surface area contributed by atoms with Crippen LogP contribution >= 0.6 is 15.9 Å². The van der Waals surface area contributed by atoms with Gasteiger partial charge in [-0.1, -0.05) is 36.8 Å². The number of benzene rings is 1. The van der Waals surface area contributed by atoms with Crippen LogP contribution in [0.3, 0.4) is 0 Å². The monoisotopic (exact) mass is 335 g/mol. The molecule has 0 radical (unpaired) electrons. The van der Waals surface area contributed by atoms with E-state index >= 15 is 0 Å². The van der Waals surface area contributed by atoms with Gasteiger partial charge in [-0.2, -0.15) is 5.10 Å². The highest BCUT2D eigenvalue weighted by molar-refractivity contribution is 9.10. The quantitative estimate of drug-likeness (QED) is 0.910. The fourth-order valence-corrected chi connectivity index (χ4v) is 3.23. The molecule has 1 unspecified atom stereocenters. The number of nitrogens with two attached hydrogens (primary N) is 1.